The summed E-state index contributed by atoms with van der Waals surface area (Å²) < 4.78 is 61.2. The zero-order valence-corrected chi connectivity index (χ0v) is 12.0. The van der Waals surface area contributed by atoms with Crippen LogP contribution in [0.2, 0.25) is 0 Å². The zero-order chi connectivity index (χ0) is 15.6. The molecule has 1 aromatic rings. The van der Waals surface area contributed by atoms with Crippen LogP contribution in [0.15, 0.2) is 5.38 Å². The summed E-state index contributed by atoms with van der Waals surface area (Å²) in [6.07, 6.45) is -6.20. The fourth-order valence-corrected chi connectivity index (χ4v) is 3.51. The van der Waals surface area contributed by atoms with Gasteiger partial charge in [-0.15, -0.1) is 11.3 Å². The van der Waals surface area contributed by atoms with Crippen LogP contribution in [0.3, 0.4) is 0 Å². The number of alkyl halides is 3. The lowest BCUT2D eigenvalue weighted by molar-refractivity contribution is -0.134. The highest BCUT2D eigenvalue weighted by Gasteiger charge is 2.28. The second-order valence-electron chi connectivity index (χ2n) is 4.07. The summed E-state index contributed by atoms with van der Waals surface area (Å²) in [7, 11) is -4.01. The topological polar surface area (TPSA) is 83.5 Å². The van der Waals surface area contributed by atoms with Crippen molar-refractivity contribution in [3.8, 4) is 0 Å². The number of aryl methyl sites for hydroxylation is 1. The summed E-state index contributed by atoms with van der Waals surface area (Å²) in [5, 5.41) is 10.3. The number of thiophene rings is 1. The van der Waals surface area contributed by atoms with Gasteiger partial charge in [0.15, 0.2) is 0 Å². The lowest BCUT2D eigenvalue weighted by Gasteiger charge is -2.10. The minimum Gasteiger partial charge on any atom is -0.477 e. The number of sulfonamides is 1. The van der Waals surface area contributed by atoms with E-state index < -0.39 is 40.8 Å². The molecule has 0 atom stereocenters. The van der Waals surface area contributed by atoms with Crippen LogP contribution >= 0.6 is 11.3 Å². The quantitative estimate of drug-likeness (QED) is 0.839. The van der Waals surface area contributed by atoms with E-state index in [1.54, 1.807) is 0 Å². The second-order valence-corrected chi connectivity index (χ2v) is 6.79. The Labute approximate surface area is 117 Å². The van der Waals surface area contributed by atoms with Gasteiger partial charge >= 0.3 is 12.1 Å². The fraction of sp³-hybridized carbons (Fsp3) is 0.500. The first-order chi connectivity index (χ1) is 9.02. The zero-order valence-electron chi connectivity index (χ0n) is 10.3. The highest BCUT2D eigenvalue weighted by molar-refractivity contribution is 7.92. The number of hydrogen-bond donors (Lipinski definition) is 2. The summed E-state index contributed by atoms with van der Waals surface area (Å²) in [5.74, 6) is -2.02. The third-order valence-electron chi connectivity index (χ3n) is 2.30. The van der Waals surface area contributed by atoms with Crippen molar-refractivity contribution in [2.24, 2.45) is 0 Å². The molecule has 1 aromatic heterocycles. The Bertz CT molecular complexity index is 592. The molecule has 0 amide bonds. The van der Waals surface area contributed by atoms with Gasteiger partial charge in [0, 0.05) is 6.42 Å². The van der Waals surface area contributed by atoms with Gasteiger partial charge in [-0.25, -0.2) is 13.2 Å². The first-order valence-electron chi connectivity index (χ1n) is 5.40. The molecule has 0 aliphatic rings. The molecular weight excluding hydrogens is 319 g/mol. The van der Waals surface area contributed by atoms with Gasteiger partial charge in [0.2, 0.25) is 10.0 Å². The number of aromatic carboxylic acids is 1. The van der Waals surface area contributed by atoms with E-state index in [4.69, 9.17) is 5.11 Å². The van der Waals surface area contributed by atoms with Crippen molar-refractivity contribution in [2.75, 3.05) is 10.5 Å². The maximum atomic E-state index is 12.0. The summed E-state index contributed by atoms with van der Waals surface area (Å²) in [4.78, 5) is 10.7. The molecule has 0 aromatic carbocycles. The smallest absolute Gasteiger partial charge is 0.389 e. The second kappa shape index (κ2) is 6.00. The maximum absolute atomic E-state index is 12.0. The monoisotopic (exact) mass is 331 g/mol. The van der Waals surface area contributed by atoms with Crippen LogP contribution in [0.5, 0.6) is 0 Å². The molecule has 1 rings (SSSR count). The number of anilines is 1. The SMILES string of the molecule is Cc1csc(C(=O)O)c1NS(=O)(=O)CCCC(F)(F)F. The molecule has 0 spiro atoms. The summed E-state index contributed by atoms with van der Waals surface area (Å²) >= 11 is 0.847. The lowest BCUT2D eigenvalue weighted by atomic mass is 10.3. The number of carbonyl (C=O) groups is 1. The maximum Gasteiger partial charge on any atom is 0.389 e. The highest BCUT2D eigenvalue weighted by Crippen LogP contribution is 2.29. The number of carboxylic acids is 1. The molecule has 0 bridgehead atoms. The van der Waals surface area contributed by atoms with Crippen LogP contribution in [-0.4, -0.2) is 31.4 Å². The first kappa shape index (κ1) is 16.8. The molecule has 10 heteroatoms. The fourth-order valence-electron chi connectivity index (χ4n) is 1.40. The van der Waals surface area contributed by atoms with Gasteiger partial charge in [0.05, 0.1) is 11.4 Å². The largest absolute Gasteiger partial charge is 0.477 e. The molecule has 0 aliphatic heterocycles. The molecule has 0 fully saturated rings. The minimum atomic E-state index is -4.42. The molecule has 114 valence electrons. The van der Waals surface area contributed by atoms with Gasteiger partial charge < -0.3 is 5.11 Å². The molecule has 0 radical (unpaired) electrons. The van der Waals surface area contributed by atoms with Gasteiger partial charge in [-0.1, -0.05) is 0 Å². The Morgan fingerprint density at radius 2 is 2.05 bits per heavy atom. The standard InChI is InChI=1S/C10H12F3NO4S2/c1-6-5-19-8(9(15)16)7(6)14-20(17,18)4-2-3-10(11,12)13/h5,14H,2-4H2,1H3,(H,15,16). The summed E-state index contributed by atoms with van der Waals surface area (Å²) in [5.41, 5.74) is 0.321. The number of hydrogen-bond acceptors (Lipinski definition) is 4. The summed E-state index contributed by atoms with van der Waals surface area (Å²) in [6.45, 7) is 1.51. The van der Waals surface area contributed by atoms with Crippen molar-refractivity contribution in [3.05, 3.63) is 15.8 Å². The Balaban J connectivity index is 2.77. The van der Waals surface area contributed by atoms with Crippen molar-refractivity contribution >= 4 is 33.0 Å². The van der Waals surface area contributed by atoms with Crippen LogP contribution in [0.25, 0.3) is 0 Å². The van der Waals surface area contributed by atoms with Crippen LogP contribution < -0.4 is 4.72 Å². The predicted molar refractivity (Wildman–Crippen MR) is 68.7 cm³/mol. The van der Waals surface area contributed by atoms with E-state index >= 15 is 0 Å². The van der Waals surface area contributed by atoms with E-state index in [0.29, 0.717) is 5.56 Å². The number of rotatable bonds is 6. The number of halogens is 3. The Morgan fingerprint density at radius 1 is 1.45 bits per heavy atom. The predicted octanol–water partition coefficient (Wildman–Crippen LogP) is 2.84. The average molecular weight is 331 g/mol. The van der Waals surface area contributed by atoms with Crippen LogP contribution in [-0.2, 0) is 10.0 Å². The summed E-state index contributed by atoms with van der Waals surface area (Å²) in [6, 6.07) is 0. The van der Waals surface area contributed by atoms with E-state index in [1.165, 1.54) is 12.3 Å². The van der Waals surface area contributed by atoms with Crippen LogP contribution in [0, 0.1) is 6.92 Å². The van der Waals surface area contributed by atoms with Gasteiger partial charge in [0.1, 0.15) is 4.88 Å². The van der Waals surface area contributed by atoms with Crippen LogP contribution in [0.4, 0.5) is 18.9 Å². The van der Waals surface area contributed by atoms with Gasteiger partial charge in [-0.3, -0.25) is 4.72 Å². The van der Waals surface area contributed by atoms with Crippen molar-refractivity contribution in [3.63, 3.8) is 0 Å². The first-order valence-corrected chi connectivity index (χ1v) is 7.93. The number of carboxylic acid groups (broad SMARTS) is 1. The van der Waals surface area contributed by atoms with Crippen molar-refractivity contribution in [1.29, 1.82) is 0 Å². The van der Waals surface area contributed by atoms with E-state index in [-0.39, 0.29) is 10.6 Å². The third kappa shape index (κ3) is 5.00. The van der Waals surface area contributed by atoms with E-state index in [9.17, 15) is 26.4 Å². The molecule has 2 N–H and O–H groups in total. The Morgan fingerprint density at radius 3 is 2.55 bits per heavy atom. The Hall–Kier alpha value is -1.29. The van der Waals surface area contributed by atoms with Gasteiger partial charge in [-0.05, 0) is 24.3 Å². The van der Waals surface area contributed by atoms with E-state index in [0.717, 1.165) is 11.3 Å². The van der Waals surface area contributed by atoms with Crippen molar-refractivity contribution in [1.82, 2.24) is 0 Å². The third-order valence-corrected chi connectivity index (χ3v) is 4.73. The molecular formula is C10H12F3NO4S2. The number of nitrogens with one attached hydrogen (secondary N) is 1. The molecule has 20 heavy (non-hydrogen) atoms. The van der Waals surface area contributed by atoms with Gasteiger partial charge in [-0.2, -0.15) is 13.2 Å². The molecule has 1 heterocycles. The normalized spacial score (nSPS) is 12.4. The molecule has 0 unspecified atom stereocenters. The molecule has 0 aliphatic carbocycles. The van der Waals surface area contributed by atoms with Crippen molar-refractivity contribution < 1.29 is 31.5 Å². The van der Waals surface area contributed by atoms with E-state index in [1.807, 2.05) is 4.72 Å². The molecule has 0 saturated heterocycles. The molecule has 0 saturated carbocycles. The van der Waals surface area contributed by atoms with Crippen LogP contribution in [0.1, 0.15) is 28.1 Å². The molecule has 5 nitrogen and oxygen atoms in total. The van der Waals surface area contributed by atoms with Gasteiger partial charge in [0.25, 0.3) is 0 Å². The van der Waals surface area contributed by atoms with E-state index in [2.05, 4.69) is 0 Å². The highest BCUT2D eigenvalue weighted by atomic mass is 32.2. The van der Waals surface area contributed by atoms with Crippen molar-refractivity contribution in [2.45, 2.75) is 25.9 Å². The lowest BCUT2D eigenvalue weighted by Crippen LogP contribution is -2.20. The minimum absolute atomic E-state index is 0.0884. The average Bonchev–Trinajstić information content (AvgIpc) is 2.57. The Kier molecular flexibility index (Phi) is 5.03.